The number of halogens is 1. The van der Waals surface area contributed by atoms with Gasteiger partial charge in [-0.1, -0.05) is 15.9 Å². The number of nitrogens with one attached hydrogen (secondary N) is 1. The van der Waals surface area contributed by atoms with Crippen LogP contribution in [-0.2, 0) is 0 Å². The Morgan fingerprint density at radius 3 is 2.80 bits per heavy atom. The van der Waals surface area contributed by atoms with Crippen molar-refractivity contribution in [3.05, 3.63) is 28.2 Å². The third-order valence-corrected chi connectivity index (χ3v) is 3.97. The van der Waals surface area contributed by atoms with Gasteiger partial charge in [0.25, 0.3) is 0 Å². The van der Waals surface area contributed by atoms with Crippen molar-refractivity contribution in [1.82, 2.24) is 0 Å². The molecule has 0 heterocycles. The van der Waals surface area contributed by atoms with Crippen molar-refractivity contribution in [2.24, 2.45) is 5.73 Å². The van der Waals surface area contributed by atoms with Crippen LogP contribution in [0.15, 0.2) is 22.7 Å². The highest BCUT2D eigenvalue weighted by atomic mass is 79.9. The summed E-state index contributed by atoms with van der Waals surface area (Å²) in [6.07, 6.45) is 3.58. The topological polar surface area (TPSA) is 38.0 Å². The highest BCUT2D eigenvalue weighted by Crippen LogP contribution is 2.24. The number of nitrogens with two attached hydrogens (primary N) is 1. The molecular weight excluding hydrogens is 252 g/mol. The van der Waals surface area contributed by atoms with E-state index in [9.17, 15) is 0 Å². The van der Waals surface area contributed by atoms with Gasteiger partial charge in [-0.25, -0.2) is 0 Å². The van der Waals surface area contributed by atoms with Crippen molar-refractivity contribution in [3.63, 3.8) is 0 Å². The normalized spacial score (nSPS) is 25.5. The van der Waals surface area contributed by atoms with Gasteiger partial charge in [-0.15, -0.1) is 0 Å². The summed E-state index contributed by atoms with van der Waals surface area (Å²) in [5.41, 5.74) is 8.46. The quantitative estimate of drug-likeness (QED) is 0.866. The minimum Gasteiger partial charge on any atom is -0.381 e. The van der Waals surface area contributed by atoms with Crippen LogP contribution in [0.2, 0.25) is 0 Å². The van der Waals surface area contributed by atoms with Gasteiger partial charge in [0.2, 0.25) is 0 Å². The molecule has 2 unspecified atom stereocenters. The van der Waals surface area contributed by atoms with E-state index in [0.717, 1.165) is 10.9 Å². The Balaban J connectivity index is 2.07. The van der Waals surface area contributed by atoms with Gasteiger partial charge in [0.05, 0.1) is 0 Å². The molecule has 0 spiro atoms. The molecule has 3 heteroatoms. The highest BCUT2D eigenvalue weighted by molar-refractivity contribution is 9.10. The lowest BCUT2D eigenvalue weighted by Crippen LogP contribution is -2.35. The van der Waals surface area contributed by atoms with Gasteiger partial charge in [0, 0.05) is 22.2 Å². The van der Waals surface area contributed by atoms with Crippen molar-refractivity contribution >= 4 is 21.6 Å². The Morgan fingerprint density at radius 1 is 1.40 bits per heavy atom. The molecule has 0 aliphatic heterocycles. The molecule has 0 amide bonds. The minimum atomic E-state index is 0.314. The van der Waals surface area contributed by atoms with Gasteiger partial charge < -0.3 is 11.1 Å². The predicted octanol–water partition coefficient (Wildman–Crippen LogP) is 3.05. The van der Waals surface area contributed by atoms with E-state index in [4.69, 9.17) is 5.73 Å². The molecule has 1 aliphatic rings. The van der Waals surface area contributed by atoms with Crippen molar-refractivity contribution in [3.8, 4) is 0 Å². The van der Waals surface area contributed by atoms with Crippen LogP contribution in [0.4, 0.5) is 5.69 Å². The molecule has 1 aliphatic carbocycles. The Hall–Kier alpha value is -0.540. The van der Waals surface area contributed by atoms with Crippen LogP contribution in [0.1, 0.15) is 24.8 Å². The molecule has 0 saturated heterocycles. The average molecular weight is 269 g/mol. The van der Waals surface area contributed by atoms with Gasteiger partial charge in [0.15, 0.2) is 0 Å². The lowest BCUT2D eigenvalue weighted by atomic mass is 10.1. The molecule has 1 saturated carbocycles. The monoisotopic (exact) mass is 268 g/mol. The maximum atomic E-state index is 6.02. The van der Waals surface area contributed by atoms with Crippen LogP contribution in [0.3, 0.4) is 0 Å². The fourth-order valence-electron chi connectivity index (χ4n) is 2.12. The fourth-order valence-corrected chi connectivity index (χ4v) is 2.36. The van der Waals surface area contributed by atoms with Gasteiger partial charge >= 0.3 is 0 Å². The zero-order valence-electron chi connectivity index (χ0n) is 8.96. The largest absolute Gasteiger partial charge is 0.381 e. The van der Waals surface area contributed by atoms with E-state index in [0.29, 0.717) is 12.1 Å². The molecule has 2 rings (SSSR count). The summed E-state index contributed by atoms with van der Waals surface area (Å²) in [6.45, 7) is 2.10. The number of rotatable bonds is 2. The van der Waals surface area contributed by atoms with Crippen LogP contribution >= 0.6 is 15.9 Å². The Kier molecular flexibility index (Phi) is 3.32. The van der Waals surface area contributed by atoms with Crippen LogP contribution in [0, 0.1) is 6.92 Å². The molecule has 82 valence electrons. The van der Waals surface area contributed by atoms with Gasteiger partial charge in [-0.3, -0.25) is 0 Å². The Morgan fingerprint density at radius 2 is 2.20 bits per heavy atom. The molecular formula is C12H17BrN2. The first-order chi connectivity index (χ1) is 7.16. The second-order valence-electron chi connectivity index (χ2n) is 4.31. The van der Waals surface area contributed by atoms with Crippen molar-refractivity contribution in [1.29, 1.82) is 0 Å². The molecule has 0 bridgehead atoms. The van der Waals surface area contributed by atoms with E-state index in [2.05, 4.69) is 46.4 Å². The SMILES string of the molecule is Cc1cc(NC2CCCC2N)ccc1Br. The van der Waals surface area contributed by atoms with Crippen molar-refractivity contribution in [2.45, 2.75) is 38.3 Å². The zero-order chi connectivity index (χ0) is 10.8. The Labute approximate surface area is 99.4 Å². The number of hydrogen-bond donors (Lipinski definition) is 2. The van der Waals surface area contributed by atoms with E-state index in [1.165, 1.54) is 24.1 Å². The smallest absolute Gasteiger partial charge is 0.0412 e. The lowest BCUT2D eigenvalue weighted by molar-refractivity contribution is 0.638. The minimum absolute atomic E-state index is 0.314. The van der Waals surface area contributed by atoms with Crippen molar-refractivity contribution in [2.75, 3.05) is 5.32 Å². The summed E-state index contributed by atoms with van der Waals surface area (Å²) in [7, 11) is 0. The first-order valence-electron chi connectivity index (χ1n) is 5.45. The summed E-state index contributed by atoms with van der Waals surface area (Å²) < 4.78 is 1.16. The van der Waals surface area contributed by atoms with Gasteiger partial charge in [-0.05, 0) is 49.9 Å². The molecule has 2 atom stereocenters. The van der Waals surface area contributed by atoms with E-state index in [1.54, 1.807) is 0 Å². The van der Waals surface area contributed by atoms with E-state index in [1.807, 2.05) is 0 Å². The molecule has 3 N–H and O–H groups in total. The van der Waals surface area contributed by atoms with Crippen LogP contribution in [0.5, 0.6) is 0 Å². The second kappa shape index (κ2) is 4.54. The maximum absolute atomic E-state index is 6.02. The van der Waals surface area contributed by atoms with E-state index < -0.39 is 0 Å². The predicted molar refractivity (Wildman–Crippen MR) is 68.1 cm³/mol. The molecule has 1 aromatic rings. The van der Waals surface area contributed by atoms with Crippen molar-refractivity contribution < 1.29 is 0 Å². The molecule has 15 heavy (non-hydrogen) atoms. The van der Waals surface area contributed by atoms with E-state index in [-0.39, 0.29) is 0 Å². The third kappa shape index (κ3) is 2.52. The van der Waals surface area contributed by atoms with Crippen LogP contribution in [0.25, 0.3) is 0 Å². The summed E-state index contributed by atoms with van der Waals surface area (Å²) >= 11 is 3.50. The molecule has 1 fully saturated rings. The molecule has 1 aromatic carbocycles. The number of anilines is 1. The molecule has 0 radical (unpaired) electrons. The molecule has 0 aromatic heterocycles. The number of benzene rings is 1. The number of aryl methyl sites for hydroxylation is 1. The van der Waals surface area contributed by atoms with Crippen LogP contribution < -0.4 is 11.1 Å². The second-order valence-corrected chi connectivity index (χ2v) is 5.16. The van der Waals surface area contributed by atoms with Gasteiger partial charge in [-0.2, -0.15) is 0 Å². The fraction of sp³-hybridized carbons (Fsp3) is 0.500. The first-order valence-corrected chi connectivity index (χ1v) is 6.24. The zero-order valence-corrected chi connectivity index (χ0v) is 10.5. The Bertz CT molecular complexity index is 351. The van der Waals surface area contributed by atoms with E-state index >= 15 is 0 Å². The standard InChI is InChI=1S/C12H17BrN2/c1-8-7-9(5-6-10(8)13)15-12-4-2-3-11(12)14/h5-7,11-12,15H,2-4,14H2,1H3. The highest BCUT2D eigenvalue weighted by Gasteiger charge is 2.23. The van der Waals surface area contributed by atoms with Gasteiger partial charge in [0.1, 0.15) is 0 Å². The summed E-state index contributed by atoms with van der Waals surface area (Å²) in [4.78, 5) is 0. The summed E-state index contributed by atoms with van der Waals surface area (Å²) in [5, 5.41) is 3.51. The molecule has 2 nitrogen and oxygen atoms in total. The lowest BCUT2D eigenvalue weighted by Gasteiger charge is -2.19. The third-order valence-electron chi connectivity index (χ3n) is 3.08. The first kappa shape index (κ1) is 11.0. The maximum Gasteiger partial charge on any atom is 0.0412 e. The average Bonchev–Trinajstić information content (AvgIpc) is 2.59. The summed E-state index contributed by atoms with van der Waals surface area (Å²) in [6, 6.07) is 7.11. The number of hydrogen-bond acceptors (Lipinski definition) is 2. The summed E-state index contributed by atoms with van der Waals surface area (Å²) in [5.74, 6) is 0. The van der Waals surface area contributed by atoms with Crippen LogP contribution in [-0.4, -0.2) is 12.1 Å².